The van der Waals surface area contributed by atoms with Crippen LogP contribution >= 0.6 is 12.4 Å². The summed E-state index contributed by atoms with van der Waals surface area (Å²) in [5.41, 5.74) is 5.95. The van der Waals surface area contributed by atoms with Crippen LogP contribution in [0.5, 0.6) is 0 Å². The minimum atomic E-state index is -0.277. The van der Waals surface area contributed by atoms with Gasteiger partial charge >= 0.3 is 5.69 Å². The van der Waals surface area contributed by atoms with E-state index in [9.17, 15) is 9.59 Å². The third kappa shape index (κ3) is 3.08. The van der Waals surface area contributed by atoms with Crippen molar-refractivity contribution in [3.8, 4) is 0 Å². The van der Waals surface area contributed by atoms with E-state index in [0.717, 1.165) is 29.6 Å². The van der Waals surface area contributed by atoms with Crippen LogP contribution in [0.3, 0.4) is 0 Å². The first kappa shape index (κ1) is 15.9. The lowest BCUT2D eigenvalue weighted by molar-refractivity contribution is 0.243. The summed E-state index contributed by atoms with van der Waals surface area (Å²) in [5, 5.41) is 0. The average molecular weight is 289 g/mol. The second-order valence-electron chi connectivity index (χ2n) is 4.88. The van der Waals surface area contributed by atoms with Crippen LogP contribution in [0.1, 0.15) is 18.5 Å². The topological polar surface area (TPSA) is 73.3 Å². The van der Waals surface area contributed by atoms with E-state index in [4.69, 9.17) is 5.73 Å². The highest BCUT2D eigenvalue weighted by molar-refractivity contribution is 5.85. The zero-order valence-corrected chi connectivity index (χ0v) is 12.2. The van der Waals surface area contributed by atoms with Crippen molar-refractivity contribution in [2.24, 2.45) is 19.8 Å². The van der Waals surface area contributed by atoms with Crippen LogP contribution in [-0.4, -0.2) is 33.2 Å². The minimum Gasteiger partial charge on any atom is -0.329 e. The summed E-state index contributed by atoms with van der Waals surface area (Å²) in [6, 6.07) is 1.90. The first-order valence-corrected chi connectivity index (χ1v) is 6.24. The summed E-state index contributed by atoms with van der Waals surface area (Å²) in [6.07, 6.45) is 2.22. The monoisotopic (exact) mass is 288 g/mol. The molecule has 0 aliphatic carbocycles. The minimum absolute atomic E-state index is 0. The van der Waals surface area contributed by atoms with Gasteiger partial charge in [-0.2, -0.15) is 0 Å². The number of halogens is 1. The fraction of sp³-hybridized carbons (Fsp3) is 0.667. The number of aromatic nitrogens is 2. The van der Waals surface area contributed by atoms with Crippen LogP contribution in [0.4, 0.5) is 0 Å². The molecule has 1 aromatic heterocycles. The Morgan fingerprint density at radius 3 is 2.63 bits per heavy atom. The molecule has 0 radical (unpaired) electrons. The number of nitrogens with zero attached hydrogens (tertiary/aromatic N) is 3. The number of nitrogens with two attached hydrogens (primary N) is 1. The van der Waals surface area contributed by atoms with Gasteiger partial charge in [-0.05, 0) is 19.4 Å². The maximum absolute atomic E-state index is 11.8. The third-order valence-electron chi connectivity index (χ3n) is 3.76. The zero-order valence-electron chi connectivity index (χ0n) is 11.3. The van der Waals surface area contributed by atoms with Gasteiger partial charge in [0.1, 0.15) is 0 Å². The lowest BCUT2D eigenvalue weighted by Gasteiger charge is -2.24. The van der Waals surface area contributed by atoms with Crippen molar-refractivity contribution in [2.75, 3.05) is 13.1 Å². The van der Waals surface area contributed by atoms with Crippen LogP contribution in [0.25, 0.3) is 0 Å². The van der Waals surface area contributed by atoms with Gasteiger partial charge in [-0.15, -0.1) is 12.4 Å². The van der Waals surface area contributed by atoms with Crippen LogP contribution in [0.15, 0.2) is 15.7 Å². The maximum atomic E-state index is 11.8. The molecule has 7 heteroatoms. The third-order valence-corrected chi connectivity index (χ3v) is 3.76. The molecule has 2 heterocycles. The van der Waals surface area contributed by atoms with Gasteiger partial charge in [0.2, 0.25) is 0 Å². The second-order valence-corrected chi connectivity index (χ2v) is 4.88. The molecule has 1 fully saturated rings. The largest absolute Gasteiger partial charge is 0.330 e. The van der Waals surface area contributed by atoms with E-state index >= 15 is 0 Å². The Labute approximate surface area is 118 Å². The van der Waals surface area contributed by atoms with E-state index < -0.39 is 0 Å². The predicted octanol–water partition coefficient (Wildman–Crippen LogP) is -0.571. The van der Waals surface area contributed by atoms with Gasteiger partial charge in [0.05, 0.1) is 0 Å². The standard InChI is InChI=1S/C12H20N4O2.ClH/c1-14-10(6-11(17)15(2)12(14)18)8-16-5-3-4-9(16)7-13;/h6,9H,3-5,7-8,13H2,1-2H3;1H. The van der Waals surface area contributed by atoms with Gasteiger partial charge in [-0.1, -0.05) is 0 Å². The van der Waals surface area contributed by atoms with Gasteiger partial charge in [-0.3, -0.25) is 18.8 Å². The van der Waals surface area contributed by atoms with Crippen molar-refractivity contribution in [1.82, 2.24) is 14.0 Å². The number of hydrogen-bond donors (Lipinski definition) is 1. The summed E-state index contributed by atoms with van der Waals surface area (Å²) in [7, 11) is 3.19. The van der Waals surface area contributed by atoms with E-state index in [1.54, 1.807) is 7.05 Å². The molecular weight excluding hydrogens is 268 g/mol. The van der Waals surface area contributed by atoms with Gasteiger partial charge in [0.15, 0.2) is 0 Å². The van der Waals surface area contributed by atoms with Gasteiger partial charge in [0, 0.05) is 45.0 Å². The molecule has 1 saturated heterocycles. The lowest BCUT2D eigenvalue weighted by atomic mass is 10.2. The van der Waals surface area contributed by atoms with E-state index in [0.29, 0.717) is 19.1 Å². The molecule has 108 valence electrons. The van der Waals surface area contributed by atoms with E-state index in [-0.39, 0.29) is 23.7 Å². The smallest absolute Gasteiger partial charge is 0.329 e. The molecule has 1 aromatic rings. The first-order valence-electron chi connectivity index (χ1n) is 6.24. The summed E-state index contributed by atoms with van der Waals surface area (Å²) >= 11 is 0. The Morgan fingerprint density at radius 2 is 2.00 bits per heavy atom. The summed E-state index contributed by atoms with van der Waals surface area (Å²) < 4.78 is 2.65. The lowest BCUT2D eigenvalue weighted by Crippen LogP contribution is -2.41. The Hall–Kier alpha value is -1.11. The molecule has 19 heavy (non-hydrogen) atoms. The van der Waals surface area contributed by atoms with Crippen molar-refractivity contribution in [3.63, 3.8) is 0 Å². The summed E-state index contributed by atoms with van der Waals surface area (Å²) in [4.78, 5) is 25.7. The van der Waals surface area contributed by atoms with Gasteiger partial charge in [0.25, 0.3) is 5.56 Å². The molecule has 0 spiro atoms. The van der Waals surface area contributed by atoms with Crippen molar-refractivity contribution in [2.45, 2.75) is 25.4 Å². The van der Waals surface area contributed by atoms with Crippen LogP contribution < -0.4 is 17.0 Å². The maximum Gasteiger partial charge on any atom is 0.330 e. The molecule has 0 amide bonds. The Bertz CT molecular complexity index is 552. The van der Waals surface area contributed by atoms with Crippen LogP contribution in [0.2, 0.25) is 0 Å². The van der Waals surface area contributed by atoms with E-state index in [1.807, 2.05) is 0 Å². The van der Waals surface area contributed by atoms with E-state index in [1.165, 1.54) is 17.7 Å². The molecule has 2 N–H and O–H groups in total. The fourth-order valence-corrected chi connectivity index (χ4v) is 2.51. The Morgan fingerprint density at radius 1 is 1.32 bits per heavy atom. The SMILES string of the molecule is Cl.Cn1c(CN2CCCC2CN)cc(=O)n(C)c1=O. The summed E-state index contributed by atoms with van der Waals surface area (Å²) in [5.74, 6) is 0. The van der Waals surface area contributed by atoms with E-state index in [2.05, 4.69) is 4.90 Å². The second kappa shape index (κ2) is 6.36. The molecule has 1 aliphatic rings. The highest BCUT2D eigenvalue weighted by Gasteiger charge is 2.24. The Balaban J connectivity index is 0.00000180. The van der Waals surface area contributed by atoms with Crippen LogP contribution in [-0.2, 0) is 20.6 Å². The highest BCUT2D eigenvalue weighted by atomic mass is 35.5. The molecule has 1 aliphatic heterocycles. The number of hydrogen-bond acceptors (Lipinski definition) is 4. The molecule has 1 atom stereocenters. The van der Waals surface area contributed by atoms with Gasteiger partial charge < -0.3 is 5.73 Å². The molecule has 0 saturated carbocycles. The first-order chi connectivity index (χ1) is 8.54. The molecule has 0 bridgehead atoms. The van der Waals surface area contributed by atoms with Crippen molar-refractivity contribution >= 4 is 12.4 Å². The van der Waals surface area contributed by atoms with Crippen molar-refractivity contribution in [3.05, 3.63) is 32.6 Å². The molecule has 2 rings (SSSR count). The highest BCUT2D eigenvalue weighted by Crippen LogP contribution is 2.18. The fourth-order valence-electron chi connectivity index (χ4n) is 2.51. The van der Waals surface area contributed by atoms with Crippen molar-refractivity contribution < 1.29 is 0 Å². The molecule has 6 nitrogen and oxygen atoms in total. The average Bonchev–Trinajstić information content (AvgIpc) is 2.80. The normalized spacial score (nSPS) is 19.4. The predicted molar refractivity (Wildman–Crippen MR) is 76.7 cm³/mol. The number of rotatable bonds is 3. The number of likely N-dealkylation sites (tertiary alicyclic amines) is 1. The quantitative estimate of drug-likeness (QED) is 0.808. The zero-order chi connectivity index (χ0) is 13.3. The molecule has 0 aromatic carbocycles. The molecular formula is C12H21ClN4O2. The van der Waals surface area contributed by atoms with Crippen LogP contribution in [0, 0.1) is 0 Å². The molecule has 1 unspecified atom stereocenters. The van der Waals surface area contributed by atoms with Gasteiger partial charge in [-0.25, -0.2) is 4.79 Å². The Kier molecular flexibility index (Phi) is 5.34. The van der Waals surface area contributed by atoms with Crippen molar-refractivity contribution in [1.29, 1.82) is 0 Å². The summed E-state index contributed by atoms with van der Waals surface area (Å²) in [6.45, 7) is 2.22.